The number of ether oxygens (including phenoxy) is 1. The van der Waals surface area contributed by atoms with Crippen LogP contribution < -0.4 is 4.74 Å². The van der Waals surface area contributed by atoms with E-state index >= 15 is 0 Å². The molecular weight excluding hydrogens is 338 g/mol. The molecule has 0 saturated carbocycles. The molecule has 1 aliphatic heterocycles. The molecule has 0 aliphatic carbocycles. The molecule has 1 saturated heterocycles. The average Bonchev–Trinajstić information content (AvgIpc) is 2.73. The summed E-state index contributed by atoms with van der Waals surface area (Å²) in [5.41, 5.74) is 1.90. The topological polar surface area (TPSA) is 63.0 Å². The summed E-state index contributed by atoms with van der Waals surface area (Å²) >= 11 is 0. The second-order valence-electron chi connectivity index (χ2n) is 6.32. The molecule has 6 nitrogen and oxygen atoms in total. The molecule has 6 heteroatoms. The highest BCUT2D eigenvalue weighted by atomic mass is 16.5. The molecule has 3 heterocycles. The van der Waals surface area contributed by atoms with E-state index in [4.69, 9.17) is 4.74 Å². The predicted octanol–water partition coefficient (Wildman–Crippen LogP) is 3.27. The van der Waals surface area contributed by atoms with Crippen LogP contribution in [0.4, 0.5) is 0 Å². The lowest BCUT2D eigenvalue weighted by Crippen LogP contribution is -2.39. The molecule has 2 aromatic heterocycles. The molecule has 140 valence electrons. The quantitative estimate of drug-likeness (QED) is 0.675. The summed E-state index contributed by atoms with van der Waals surface area (Å²) in [6.45, 7) is 7.19. The molecule has 3 rings (SSSR count). The molecule has 0 aromatic carbocycles. The molecule has 0 amide bonds. The Labute approximate surface area is 160 Å². The highest BCUT2D eigenvalue weighted by Crippen LogP contribution is 2.29. The van der Waals surface area contributed by atoms with E-state index in [1.54, 1.807) is 37.1 Å². The maximum atomic E-state index is 6.29. The summed E-state index contributed by atoms with van der Waals surface area (Å²) in [6, 6.07) is 7.83. The van der Waals surface area contributed by atoms with Crippen LogP contribution in [0.15, 0.2) is 65.1 Å². The average molecular weight is 363 g/mol. The zero-order chi connectivity index (χ0) is 18.7. The minimum atomic E-state index is 0.219. The minimum absolute atomic E-state index is 0.219. The van der Waals surface area contributed by atoms with Crippen molar-refractivity contribution in [3.8, 4) is 17.0 Å². The smallest absolute Gasteiger partial charge is 0.145 e. The maximum absolute atomic E-state index is 6.29. The zero-order valence-corrected chi connectivity index (χ0v) is 15.4. The van der Waals surface area contributed by atoms with Crippen molar-refractivity contribution in [2.75, 3.05) is 26.2 Å². The molecule has 2 aromatic rings. The van der Waals surface area contributed by atoms with Gasteiger partial charge in [-0.3, -0.25) is 20.0 Å². The Hall–Kier alpha value is -2.86. The summed E-state index contributed by atoms with van der Waals surface area (Å²) in [5.74, 6) is 0.842. The standard InChI is InChI=1S/C21H25N5O/c1-22-9-3-10-23-14-17-26-15-7-19(8-16-26)27-20-4-2-11-25-21(20)18-5-12-24-13-6-18/h2-6,9-13,19H,1,7-8,14-17H2/b9-3-,23-10?. The molecule has 27 heavy (non-hydrogen) atoms. The van der Waals surface area contributed by atoms with Gasteiger partial charge in [-0.1, -0.05) is 0 Å². The van der Waals surface area contributed by atoms with Crippen LogP contribution >= 0.6 is 0 Å². The van der Waals surface area contributed by atoms with E-state index in [9.17, 15) is 0 Å². The van der Waals surface area contributed by atoms with Gasteiger partial charge in [0.05, 0.1) is 6.54 Å². The van der Waals surface area contributed by atoms with Gasteiger partial charge < -0.3 is 9.64 Å². The fraction of sp³-hybridized carbons (Fsp3) is 0.333. The highest BCUT2D eigenvalue weighted by molar-refractivity contribution is 5.71. The second-order valence-corrected chi connectivity index (χ2v) is 6.32. The first-order chi connectivity index (χ1) is 13.4. The number of aromatic nitrogens is 2. The Morgan fingerprint density at radius 3 is 2.78 bits per heavy atom. The third-order valence-electron chi connectivity index (χ3n) is 4.48. The number of likely N-dealkylation sites (tertiary alicyclic amines) is 1. The van der Waals surface area contributed by atoms with Crippen LogP contribution in [0.3, 0.4) is 0 Å². The first kappa shape index (κ1) is 18.9. The Kier molecular flexibility index (Phi) is 7.24. The van der Waals surface area contributed by atoms with Crippen LogP contribution in [0.1, 0.15) is 12.8 Å². The lowest BCUT2D eigenvalue weighted by atomic mass is 10.1. The van der Waals surface area contributed by atoms with Crippen molar-refractivity contribution >= 4 is 12.9 Å². The molecular formula is C21H25N5O. The number of pyridine rings is 2. The molecule has 0 unspecified atom stereocenters. The Morgan fingerprint density at radius 2 is 2.00 bits per heavy atom. The number of hydrogen-bond donors (Lipinski definition) is 0. The van der Waals surface area contributed by atoms with Crippen LogP contribution in [-0.2, 0) is 0 Å². The SMILES string of the molecule is C=N/C=C\C=NCCN1CCC(Oc2cccnc2-c2ccncc2)CC1. The number of aliphatic imine (C=N–C) groups is 2. The van der Waals surface area contributed by atoms with E-state index in [-0.39, 0.29) is 6.10 Å². The van der Waals surface area contributed by atoms with Crippen molar-refractivity contribution in [3.05, 3.63) is 55.1 Å². The lowest BCUT2D eigenvalue weighted by Gasteiger charge is -2.32. The minimum Gasteiger partial charge on any atom is -0.488 e. The van der Waals surface area contributed by atoms with E-state index in [0.29, 0.717) is 0 Å². The van der Waals surface area contributed by atoms with Gasteiger partial charge in [0.2, 0.25) is 0 Å². The fourth-order valence-corrected chi connectivity index (χ4v) is 3.08. The molecule has 0 bridgehead atoms. The number of rotatable bonds is 8. The monoisotopic (exact) mass is 363 g/mol. The number of hydrogen-bond acceptors (Lipinski definition) is 6. The third-order valence-corrected chi connectivity index (χ3v) is 4.48. The third kappa shape index (κ3) is 5.82. The fourth-order valence-electron chi connectivity index (χ4n) is 3.08. The van der Waals surface area contributed by atoms with Crippen LogP contribution in [0.25, 0.3) is 11.3 Å². The van der Waals surface area contributed by atoms with Crippen molar-refractivity contribution in [3.63, 3.8) is 0 Å². The summed E-state index contributed by atoms with van der Waals surface area (Å²) in [6.07, 6.45) is 12.8. The summed E-state index contributed by atoms with van der Waals surface area (Å²) < 4.78 is 6.29. The Balaban J connectivity index is 1.49. The van der Waals surface area contributed by atoms with E-state index < -0.39 is 0 Å². The van der Waals surface area contributed by atoms with Gasteiger partial charge in [0, 0.05) is 56.2 Å². The molecule has 1 aliphatic rings. The Morgan fingerprint density at radius 1 is 1.19 bits per heavy atom. The maximum Gasteiger partial charge on any atom is 0.145 e. The van der Waals surface area contributed by atoms with Crippen LogP contribution in [0, 0.1) is 0 Å². The summed E-state index contributed by atoms with van der Waals surface area (Å²) in [4.78, 5) is 19.0. The van der Waals surface area contributed by atoms with Crippen molar-refractivity contribution in [2.45, 2.75) is 18.9 Å². The first-order valence-electron chi connectivity index (χ1n) is 9.22. The van der Waals surface area contributed by atoms with E-state index in [0.717, 1.165) is 56.0 Å². The highest BCUT2D eigenvalue weighted by Gasteiger charge is 2.21. The van der Waals surface area contributed by atoms with Gasteiger partial charge in [-0.05, 0) is 49.9 Å². The van der Waals surface area contributed by atoms with Crippen LogP contribution in [0.5, 0.6) is 5.75 Å². The zero-order valence-electron chi connectivity index (χ0n) is 15.4. The molecule has 0 N–H and O–H groups in total. The van der Waals surface area contributed by atoms with Crippen molar-refractivity contribution in [1.82, 2.24) is 14.9 Å². The van der Waals surface area contributed by atoms with Gasteiger partial charge in [0.1, 0.15) is 17.5 Å². The normalized spacial score (nSPS) is 16.1. The largest absolute Gasteiger partial charge is 0.488 e. The van der Waals surface area contributed by atoms with Crippen LogP contribution in [0.2, 0.25) is 0 Å². The summed E-state index contributed by atoms with van der Waals surface area (Å²) in [7, 11) is 0. The number of nitrogens with zero attached hydrogens (tertiary/aromatic N) is 5. The van der Waals surface area contributed by atoms with Gasteiger partial charge in [0.25, 0.3) is 0 Å². The van der Waals surface area contributed by atoms with E-state index in [2.05, 4.69) is 31.6 Å². The van der Waals surface area contributed by atoms with Crippen molar-refractivity contribution in [2.24, 2.45) is 9.98 Å². The van der Waals surface area contributed by atoms with Gasteiger partial charge in [-0.15, -0.1) is 0 Å². The van der Waals surface area contributed by atoms with Gasteiger partial charge >= 0.3 is 0 Å². The van der Waals surface area contributed by atoms with Crippen LogP contribution in [-0.4, -0.2) is 60.1 Å². The molecule has 1 fully saturated rings. The first-order valence-corrected chi connectivity index (χ1v) is 9.22. The lowest BCUT2D eigenvalue weighted by molar-refractivity contribution is 0.103. The molecule has 0 atom stereocenters. The van der Waals surface area contributed by atoms with E-state index in [1.165, 1.54) is 0 Å². The molecule has 0 radical (unpaired) electrons. The van der Waals surface area contributed by atoms with E-state index in [1.807, 2.05) is 24.3 Å². The second kappa shape index (κ2) is 10.3. The van der Waals surface area contributed by atoms with Crippen molar-refractivity contribution in [1.29, 1.82) is 0 Å². The Bertz CT molecular complexity index is 767. The predicted molar refractivity (Wildman–Crippen MR) is 110 cm³/mol. The number of piperidine rings is 1. The number of allylic oxidation sites excluding steroid dienone is 1. The van der Waals surface area contributed by atoms with Gasteiger partial charge in [-0.25, -0.2) is 0 Å². The van der Waals surface area contributed by atoms with Gasteiger partial charge in [-0.2, -0.15) is 0 Å². The van der Waals surface area contributed by atoms with Crippen molar-refractivity contribution < 1.29 is 4.74 Å². The summed E-state index contributed by atoms with van der Waals surface area (Å²) in [5, 5.41) is 0. The molecule has 0 spiro atoms. The van der Waals surface area contributed by atoms with Gasteiger partial charge in [0.15, 0.2) is 0 Å².